The third kappa shape index (κ3) is 6.79. The molecule has 7 nitrogen and oxygen atoms in total. The van der Waals surface area contributed by atoms with E-state index in [9.17, 15) is 18.0 Å². The third-order valence-electron chi connectivity index (χ3n) is 6.94. The first-order valence-corrected chi connectivity index (χ1v) is 14.7. The summed E-state index contributed by atoms with van der Waals surface area (Å²) in [5.41, 5.74) is 1.41. The molecule has 1 aliphatic carbocycles. The summed E-state index contributed by atoms with van der Waals surface area (Å²) in [7, 11) is -3.59. The van der Waals surface area contributed by atoms with Gasteiger partial charge in [0.2, 0.25) is 15.9 Å². The molecule has 1 saturated carbocycles. The number of sulfonamides is 1. The van der Waals surface area contributed by atoms with Crippen molar-refractivity contribution in [2.75, 3.05) is 18.4 Å². The molecule has 1 aliphatic heterocycles. The highest BCUT2D eigenvalue weighted by Crippen LogP contribution is 2.27. The molecule has 2 amide bonds. The van der Waals surface area contributed by atoms with Crippen LogP contribution in [0.4, 0.5) is 5.69 Å². The largest absolute Gasteiger partial charge is 0.349 e. The molecule has 2 N–H and O–H groups in total. The Hall–Kier alpha value is -2.13. The van der Waals surface area contributed by atoms with Gasteiger partial charge in [0, 0.05) is 35.1 Å². The second-order valence-electron chi connectivity index (χ2n) is 9.51. The molecule has 1 saturated heterocycles. The van der Waals surface area contributed by atoms with Gasteiger partial charge in [-0.3, -0.25) is 9.59 Å². The summed E-state index contributed by atoms with van der Waals surface area (Å²) in [4.78, 5) is 25.9. The molecule has 0 bridgehead atoms. The first-order valence-electron chi connectivity index (χ1n) is 12.4. The van der Waals surface area contributed by atoms with E-state index in [0.717, 1.165) is 25.7 Å². The van der Waals surface area contributed by atoms with E-state index in [2.05, 4.69) is 10.6 Å². The number of halogens is 2. The second-order valence-corrected chi connectivity index (χ2v) is 12.3. The molecule has 0 unspecified atom stereocenters. The summed E-state index contributed by atoms with van der Waals surface area (Å²) in [6.45, 7) is 0.491. The number of rotatable bonds is 7. The average molecular weight is 553 g/mol. The molecule has 0 spiro atoms. The van der Waals surface area contributed by atoms with Crippen LogP contribution in [0.25, 0.3) is 0 Å². The highest BCUT2D eigenvalue weighted by atomic mass is 35.5. The number of amides is 2. The van der Waals surface area contributed by atoms with Crippen LogP contribution < -0.4 is 10.6 Å². The molecule has 2 aliphatic rings. The van der Waals surface area contributed by atoms with E-state index in [1.807, 2.05) is 0 Å². The zero-order valence-electron chi connectivity index (χ0n) is 20.0. The minimum absolute atomic E-state index is 0.170. The molecule has 0 aromatic heterocycles. The lowest BCUT2D eigenvalue weighted by molar-refractivity contribution is -0.120. The highest BCUT2D eigenvalue weighted by Gasteiger charge is 2.32. The average Bonchev–Trinajstić information content (AvgIpc) is 2.86. The lowest BCUT2D eigenvalue weighted by Gasteiger charge is -2.31. The van der Waals surface area contributed by atoms with Gasteiger partial charge in [-0.15, -0.1) is 0 Å². The quantitative estimate of drug-likeness (QED) is 0.492. The van der Waals surface area contributed by atoms with Gasteiger partial charge in [0.1, 0.15) is 0 Å². The van der Waals surface area contributed by atoms with Crippen LogP contribution in [0.1, 0.15) is 60.9 Å². The number of anilines is 1. The zero-order chi connectivity index (χ0) is 25.7. The van der Waals surface area contributed by atoms with E-state index in [0.29, 0.717) is 39.7 Å². The summed E-state index contributed by atoms with van der Waals surface area (Å²) < 4.78 is 27.3. The van der Waals surface area contributed by atoms with Crippen molar-refractivity contribution in [3.8, 4) is 0 Å². The molecule has 2 aromatic carbocycles. The summed E-state index contributed by atoms with van der Waals surface area (Å²) in [5.74, 6) is -0.945. The monoisotopic (exact) mass is 551 g/mol. The molecule has 2 fully saturated rings. The van der Waals surface area contributed by atoms with Crippen LogP contribution >= 0.6 is 23.2 Å². The van der Waals surface area contributed by atoms with E-state index in [-0.39, 0.29) is 42.6 Å². The van der Waals surface area contributed by atoms with Gasteiger partial charge >= 0.3 is 0 Å². The van der Waals surface area contributed by atoms with Crippen molar-refractivity contribution >= 4 is 50.7 Å². The maximum atomic E-state index is 13.0. The van der Waals surface area contributed by atoms with Gasteiger partial charge < -0.3 is 10.6 Å². The number of para-hydroxylation sites is 1. The van der Waals surface area contributed by atoms with Crippen LogP contribution in [0.3, 0.4) is 0 Å². The summed E-state index contributed by atoms with van der Waals surface area (Å²) >= 11 is 12.1. The number of benzene rings is 2. The predicted octanol–water partition coefficient (Wildman–Crippen LogP) is 5.24. The van der Waals surface area contributed by atoms with Crippen LogP contribution in [-0.4, -0.2) is 43.7 Å². The normalized spacial score (nSPS) is 18.1. The molecular weight excluding hydrogens is 521 g/mol. The molecule has 0 radical (unpaired) electrons. The molecule has 10 heteroatoms. The summed E-state index contributed by atoms with van der Waals surface area (Å²) in [5, 5.41) is 6.76. The van der Waals surface area contributed by atoms with E-state index in [4.69, 9.17) is 23.2 Å². The van der Waals surface area contributed by atoms with E-state index in [1.54, 1.807) is 36.4 Å². The SMILES string of the molecule is O=C(NC1CCCCC1)c1ccccc1NC(=O)C1CCN(S(=O)(=O)Cc2ccc(Cl)cc2Cl)CC1. The fourth-order valence-corrected chi connectivity index (χ4v) is 7.01. The van der Waals surface area contributed by atoms with Gasteiger partial charge in [-0.05, 0) is 55.5 Å². The maximum Gasteiger partial charge on any atom is 0.253 e. The van der Waals surface area contributed by atoms with Gasteiger partial charge in [0.05, 0.1) is 17.0 Å². The Morgan fingerprint density at radius 1 is 0.944 bits per heavy atom. The Balaban J connectivity index is 1.34. The van der Waals surface area contributed by atoms with Crippen LogP contribution in [0, 0.1) is 5.92 Å². The first-order chi connectivity index (χ1) is 17.2. The van der Waals surface area contributed by atoms with Gasteiger partial charge in [0.25, 0.3) is 5.91 Å². The molecule has 2 aromatic rings. The van der Waals surface area contributed by atoms with Crippen molar-refractivity contribution in [3.05, 3.63) is 63.6 Å². The van der Waals surface area contributed by atoms with E-state index in [1.165, 1.54) is 16.8 Å². The number of hydrogen-bond acceptors (Lipinski definition) is 4. The zero-order valence-corrected chi connectivity index (χ0v) is 22.3. The third-order valence-corrected chi connectivity index (χ3v) is 9.36. The number of nitrogens with zero attached hydrogens (tertiary/aromatic N) is 1. The lowest BCUT2D eigenvalue weighted by atomic mass is 9.95. The van der Waals surface area contributed by atoms with Crippen LogP contribution in [0.5, 0.6) is 0 Å². The predicted molar refractivity (Wildman–Crippen MR) is 143 cm³/mol. The topological polar surface area (TPSA) is 95.6 Å². The van der Waals surface area contributed by atoms with Gasteiger partial charge in [-0.1, -0.05) is 60.7 Å². The molecule has 194 valence electrons. The summed E-state index contributed by atoms with van der Waals surface area (Å²) in [6.07, 6.45) is 6.19. The van der Waals surface area contributed by atoms with Crippen molar-refractivity contribution < 1.29 is 18.0 Å². The lowest BCUT2D eigenvalue weighted by Crippen LogP contribution is -2.42. The van der Waals surface area contributed by atoms with E-state index >= 15 is 0 Å². The minimum Gasteiger partial charge on any atom is -0.349 e. The standard InChI is InChI=1S/C26H31Cl2N3O4S/c27-20-11-10-19(23(28)16-20)17-36(34,35)31-14-12-18(13-15-31)25(32)30-24-9-5-4-8-22(24)26(33)29-21-6-2-1-3-7-21/h4-5,8-11,16,18,21H,1-3,6-7,12-15,17H2,(H,29,33)(H,30,32). The van der Waals surface area contributed by atoms with Crippen molar-refractivity contribution in [1.82, 2.24) is 9.62 Å². The Morgan fingerprint density at radius 3 is 2.33 bits per heavy atom. The fraction of sp³-hybridized carbons (Fsp3) is 0.462. The summed E-state index contributed by atoms with van der Waals surface area (Å²) in [6, 6.07) is 11.9. The Morgan fingerprint density at radius 2 is 1.64 bits per heavy atom. The number of carbonyl (C=O) groups is 2. The van der Waals surface area contributed by atoms with Crippen molar-refractivity contribution in [2.45, 2.75) is 56.7 Å². The Bertz CT molecular complexity index is 1210. The first kappa shape index (κ1) is 26.9. The molecule has 1 heterocycles. The number of carbonyl (C=O) groups excluding carboxylic acids is 2. The molecule has 4 rings (SSSR count). The van der Waals surface area contributed by atoms with Crippen molar-refractivity contribution in [2.24, 2.45) is 5.92 Å². The number of nitrogens with one attached hydrogen (secondary N) is 2. The van der Waals surface area contributed by atoms with Crippen molar-refractivity contribution in [3.63, 3.8) is 0 Å². The second kappa shape index (κ2) is 11.9. The van der Waals surface area contributed by atoms with Crippen LogP contribution in [0.2, 0.25) is 10.0 Å². The van der Waals surface area contributed by atoms with Crippen molar-refractivity contribution in [1.29, 1.82) is 0 Å². The van der Waals surface area contributed by atoms with E-state index < -0.39 is 10.0 Å². The maximum absolute atomic E-state index is 13.0. The van der Waals surface area contributed by atoms with Gasteiger partial charge in [-0.25, -0.2) is 12.7 Å². The van der Waals surface area contributed by atoms with Crippen LogP contribution in [-0.2, 0) is 20.6 Å². The molecule has 36 heavy (non-hydrogen) atoms. The minimum atomic E-state index is -3.59. The van der Waals surface area contributed by atoms with Gasteiger partial charge in [0.15, 0.2) is 0 Å². The number of hydrogen-bond donors (Lipinski definition) is 2. The number of piperidine rings is 1. The Kier molecular flexibility index (Phi) is 8.93. The molecular formula is C26H31Cl2N3O4S. The highest BCUT2D eigenvalue weighted by molar-refractivity contribution is 7.88. The molecule has 0 atom stereocenters. The smallest absolute Gasteiger partial charge is 0.253 e. The Labute approximate surface area is 222 Å². The van der Waals surface area contributed by atoms with Crippen LogP contribution in [0.15, 0.2) is 42.5 Å². The fourth-order valence-electron chi connectivity index (χ4n) is 4.86. The van der Waals surface area contributed by atoms with Gasteiger partial charge in [-0.2, -0.15) is 0 Å².